The Balaban J connectivity index is 1.40. The van der Waals surface area contributed by atoms with Crippen LogP contribution in [0.3, 0.4) is 0 Å². The number of pyridine rings is 1. The molecule has 0 bridgehead atoms. The maximum Gasteiger partial charge on any atom is 0.261 e. The van der Waals surface area contributed by atoms with E-state index in [2.05, 4.69) is 21.3 Å². The highest BCUT2D eigenvalue weighted by Crippen LogP contribution is 2.28. The second-order valence-electron chi connectivity index (χ2n) is 6.34. The van der Waals surface area contributed by atoms with E-state index in [1.807, 2.05) is 54.7 Å². The average Bonchev–Trinajstić information content (AvgIpc) is 3.24. The number of hydrogen-bond acceptors (Lipinski definition) is 5. The van der Waals surface area contributed by atoms with Gasteiger partial charge in [0, 0.05) is 36.3 Å². The molecule has 27 heavy (non-hydrogen) atoms. The van der Waals surface area contributed by atoms with Gasteiger partial charge in [0.15, 0.2) is 0 Å². The molecule has 1 aliphatic heterocycles. The van der Waals surface area contributed by atoms with Crippen molar-refractivity contribution in [1.29, 1.82) is 0 Å². The van der Waals surface area contributed by atoms with Gasteiger partial charge in [0.05, 0.1) is 18.1 Å². The number of morpholine rings is 1. The topological polar surface area (TPSA) is 54.5 Å². The molecule has 0 aliphatic carbocycles. The van der Waals surface area contributed by atoms with Crippen LogP contribution in [0.2, 0.25) is 0 Å². The summed E-state index contributed by atoms with van der Waals surface area (Å²) >= 11 is 1.49. The molecule has 1 fully saturated rings. The monoisotopic (exact) mass is 379 g/mol. The van der Waals surface area contributed by atoms with Crippen LogP contribution in [-0.2, 0) is 11.3 Å². The largest absolute Gasteiger partial charge is 0.378 e. The van der Waals surface area contributed by atoms with Crippen LogP contribution < -0.4 is 10.2 Å². The fourth-order valence-corrected chi connectivity index (χ4v) is 3.90. The maximum atomic E-state index is 12.4. The Kier molecular flexibility index (Phi) is 5.46. The van der Waals surface area contributed by atoms with Crippen LogP contribution in [0, 0.1) is 0 Å². The first-order chi connectivity index (χ1) is 13.3. The number of amides is 1. The molecule has 6 heteroatoms. The van der Waals surface area contributed by atoms with Gasteiger partial charge in [0.2, 0.25) is 0 Å². The SMILES string of the molecule is O=C(NCc1ccccc1)c1ccc(-c2ccc(N3CCOCC3)nc2)s1. The predicted molar refractivity (Wildman–Crippen MR) is 108 cm³/mol. The number of carbonyl (C=O) groups is 1. The zero-order valence-electron chi connectivity index (χ0n) is 14.9. The van der Waals surface area contributed by atoms with Crippen LogP contribution >= 0.6 is 11.3 Å². The third-order valence-electron chi connectivity index (χ3n) is 4.49. The molecule has 1 N–H and O–H groups in total. The number of thiophene rings is 1. The van der Waals surface area contributed by atoms with E-state index in [-0.39, 0.29) is 5.91 Å². The molecular formula is C21H21N3O2S. The normalized spacial score (nSPS) is 14.1. The molecule has 0 atom stereocenters. The minimum atomic E-state index is -0.0481. The zero-order valence-corrected chi connectivity index (χ0v) is 15.7. The number of carbonyl (C=O) groups excluding carboxylic acids is 1. The lowest BCUT2D eigenvalue weighted by molar-refractivity contribution is 0.0955. The molecule has 0 radical (unpaired) electrons. The number of benzene rings is 1. The smallest absolute Gasteiger partial charge is 0.261 e. The first-order valence-corrected chi connectivity index (χ1v) is 9.82. The van der Waals surface area contributed by atoms with Gasteiger partial charge in [-0.05, 0) is 29.8 Å². The summed E-state index contributed by atoms with van der Waals surface area (Å²) in [6.07, 6.45) is 1.88. The molecule has 2 aromatic heterocycles. The van der Waals surface area contributed by atoms with E-state index in [0.29, 0.717) is 11.4 Å². The van der Waals surface area contributed by atoms with Crippen molar-refractivity contribution in [1.82, 2.24) is 10.3 Å². The highest BCUT2D eigenvalue weighted by Gasteiger charge is 2.14. The van der Waals surface area contributed by atoms with Gasteiger partial charge in [-0.1, -0.05) is 30.3 Å². The second-order valence-corrected chi connectivity index (χ2v) is 7.42. The number of ether oxygens (including phenoxy) is 1. The predicted octanol–water partition coefficient (Wildman–Crippen LogP) is 3.58. The second kappa shape index (κ2) is 8.33. The Morgan fingerprint density at radius 3 is 2.63 bits per heavy atom. The molecule has 1 amide bonds. The lowest BCUT2D eigenvalue weighted by Crippen LogP contribution is -2.36. The molecular weight excluding hydrogens is 358 g/mol. The molecule has 0 unspecified atom stereocenters. The quantitative estimate of drug-likeness (QED) is 0.736. The lowest BCUT2D eigenvalue weighted by Gasteiger charge is -2.27. The number of hydrogen-bond donors (Lipinski definition) is 1. The van der Waals surface area contributed by atoms with Crippen LogP contribution in [0.1, 0.15) is 15.2 Å². The van der Waals surface area contributed by atoms with E-state index in [1.165, 1.54) is 11.3 Å². The van der Waals surface area contributed by atoms with Crippen molar-refractivity contribution < 1.29 is 9.53 Å². The molecule has 138 valence electrons. The Morgan fingerprint density at radius 1 is 1.07 bits per heavy atom. The van der Waals surface area contributed by atoms with Gasteiger partial charge in [-0.3, -0.25) is 4.79 Å². The number of aromatic nitrogens is 1. The minimum Gasteiger partial charge on any atom is -0.378 e. The van der Waals surface area contributed by atoms with Gasteiger partial charge in [-0.25, -0.2) is 4.98 Å². The van der Waals surface area contributed by atoms with Gasteiger partial charge < -0.3 is 15.0 Å². The van der Waals surface area contributed by atoms with Crippen LogP contribution in [-0.4, -0.2) is 37.2 Å². The third kappa shape index (κ3) is 4.35. The van der Waals surface area contributed by atoms with E-state index >= 15 is 0 Å². The van der Waals surface area contributed by atoms with Crippen molar-refractivity contribution in [2.75, 3.05) is 31.2 Å². The lowest BCUT2D eigenvalue weighted by atomic mass is 10.2. The third-order valence-corrected chi connectivity index (χ3v) is 5.63. The van der Waals surface area contributed by atoms with Crippen LogP contribution in [0.15, 0.2) is 60.8 Å². The molecule has 3 heterocycles. The molecule has 3 aromatic rings. The van der Waals surface area contributed by atoms with Crippen molar-refractivity contribution in [3.05, 3.63) is 71.2 Å². The van der Waals surface area contributed by atoms with Crippen molar-refractivity contribution in [3.8, 4) is 10.4 Å². The highest BCUT2D eigenvalue weighted by atomic mass is 32.1. The first-order valence-electron chi connectivity index (χ1n) is 9.01. The first kappa shape index (κ1) is 17.7. The molecule has 5 nitrogen and oxygen atoms in total. The summed E-state index contributed by atoms with van der Waals surface area (Å²) < 4.78 is 5.38. The fraction of sp³-hybridized carbons (Fsp3) is 0.238. The Hall–Kier alpha value is -2.70. The van der Waals surface area contributed by atoms with Gasteiger partial charge in [-0.2, -0.15) is 0 Å². The molecule has 0 saturated carbocycles. The molecule has 1 aromatic carbocycles. The summed E-state index contributed by atoms with van der Waals surface area (Å²) in [6, 6.07) is 17.9. The Morgan fingerprint density at radius 2 is 1.89 bits per heavy atom. The van der Waals surface area contributed by atoms with E-state index in [4.69, 9.17) is 4.74 Å². The van der Waals surface area contributed by atoms with E-state index < -0.39 is 0 Å². The fourth-order valence-electron chi connectivity index (χ4n) is 2.99. The van der Waals surface area contributed by atoms with Crippen LogP contribution in [0.5, 0.6) is 0 Å². The average molecular weight is 379 g/mol. The summed E-state index contributed by atoms with van der Waals surface area (Å²) in [5, 5.41) is 2.97. The van der Waals surface area contributed by atoms with Gasteiger partial charge in [0.1, 0.15) is 5.82 Å². The maximum absolute atomic E-state index is 12.4. The molecule has 1 aliphatic rings. The zero-order chi connectivity index (χ0) is 18.5. The van der Waals surface area contributed by atoms with E-state index in [9.17, 15) is 4.79 Å². The number of nitrogens with zero attached hydrogens (tertiary/aromatic N) is 2. The van der Waals surface area contributed by atoms with E-state index in [1.54, 1.807) is 0 Å². The van der Waals surface area contributed by atoms with Crippen LogP contribution in [0.25, 0.3) is 10.4 Å². The number of rotatable bonds is 5. The molecule has 0 spiro atoms. The number of nitrogens with one attached hydrogen (secondary N) is 1. The summed E-state index contributed by atoms with van der Waals surface area (Å²) in [4.78, 5) is 20.9. The van der Waals surface area contributed by atoms with Crippen LogP contribution in [0.4, 0.5) is 5.82 Å². The van der Waals surface area contributed by atoms with Crippen molar-refractivity contribution in [2.24, 2.45) is 0 Å². The minimum absolute atomic E-state index is 0.0481. The Labute approximate surface area is 162 Å². The van der Waals surface area contributed by atoms with Gasteiger partial charge >= 0.3 is 0 Å². The molecule has 1 saturated heterocycles. The molecule has 4 rings (SSSR count). The summed E-state index contributed by atoms with van der Waals surface area (Å²) in [6.45, 7) is 3.77. The van der Waals surface area contributed by atoms with Crippen molar-refractivity contribution in [2.45, 2.75) is 6.54 Å². The van der Waals surface area contributed by atoms with Crippen molar-refractivity contribution >= 4 is 23.1 Å². The standard InChI is InChI=1S/C21H21N3O2S/c25-21(23-14-16-4-2-1-3-5-16)19-8-7-18(27-19)17-6-9-20(22-15-17)24-10-12-26-13-11-24/h1-9,15H,10-14H2,(H,23,25). The van der Waals surface area contributed by atoms with E-state index in [0.717, 1.165) is 48.1 Å². The van der Waals surface area contributed by atoms with Gasteiger partial charge in [-0.15, -0.1) is 11.3 Å². The number of anilines is 1. The Bertz CT molecular complexity index is 887. The summed E-state index contributed by atoms with van der Waals surface area (Å²) in [7, 11) is 0. The van der Waals surface area contributed by atoms with Crippen molar-refractivity contribution in [3.63, 3.8) is 0 Å². The summed E-state index contributed by atoms with van der Waals surface area (Å²) in [5.74, 6) is 0.924. The van der Waals surface area contributed by atoms with Gasteiger partial charge in [0.25, 0.3) is 5.91 Å². The summed E-state index contributed by atoms with van der Waals surface area (Å²) in [5.41, 5.74) is 2.12. The highest BCUT2D eigenvalue weighted by molar-refractivity contribution is 7.17.